The lowest BCUT2D eigenvalue weighted by atomic mass is 10.1. The number of hydrogen-bond acceptors (Lipinski definition) is 3. The summed E-state index contributed by atoms with van der Waals surface area (Å²) in [4.78, 5) is 0. The van der Waals surface area contributed by atoms with E-state index in [1.54, 1.807) is 6.07 Å². The molecule has 0 saturated carbocycles. The highest BCUT2D eigenvalue weighted by molar-refractivity contribution is 9.10. The molecule has 0 radical (unpaired) electrons. The summed E-state index contributed by atoms with van der Waals surface area (Å²) in [5, 5.41) is 3.28. The summed E-state index contributed by atoms with van der Waals surface area (Å²) in [6.07, 6.45) is 0. The van der Waals surface area contributed by atoms with Crippen LogP contribution in [0.1, 0.15) is 18.5 Å². The molecule has 1 unspecified atom stereocenters. The lowest BCUT2D eigenvalue weighted by Gasteiger charge is -2.21. The van der Waals surface area contributed by atoms with Crippen molar-refractivity contribution in [3.63, 3.8) is 0 Å². The van der Waals surface area contributed by atoms with Gasteiger partial charge in [-0.1, -0.05) is 22.0 Å². The molecule has 0 spiro atoms. The first-order valence-corrected chi connectivity index (χ1v) is 7.54. The van der Waals surface area contributed by atoms with Crippen molar-refractivity contribution in [2.45, 2.75) is 13.0 Å². The molecule has 0 aromatic heterocycles. The van der Waals surface area contributed by atoms with Gasteiger partial charge in [0.25, 0.3) is 0 Å². The fourth-order valence-corrected chi connectivity index (χ4v) is 2.65. The fourth-order valence-electron chi connectivity index (χ4n) is 2.31. The van der Waals surface area contributed by atoms with Gasteiger partial charge in [-0.15, -0.1) is 0 Å². The quantitative estimate of drug-likeness (QED) is 0.880. The maximum absolute atomic E-state index is 14.0. The Kier molecular flexibility index (Phi) is 4.01. The van der Waals surface area contributed by atoms with Gasteiger partial charge in [-0.3, -0.25) is 0 Å². The van der Waals surface area contributed by atoms with Crippen molar-refractivity contribution in [2.75, 3.05) is 18.5 Å². The Morgan fingerprint density at radius 1 is 1.10 bits per heavy atom. The molecule has 1 aliphatic heterocycles. The zero-order valence-corrected chi connectivity index (χ0v) is 13.1. The Morgan fingerprint density at radius 2 is 1.86 bits per heavy atom. The third-order valence-electron chi connectivity index (χ3n) is 3.35. The predicted molar refractivity (Wildman–Crippen MR) is 83.6 cm³/mol. The number of fused-ring (bicyclic) bond motifs is 1. The number of nitrogens with one attached hydrogen (secondary N) is 1. The van der Waals surface area contributed by atoms with Crippen molar-refractivity contribution in [1.29, 1.82) is 0 Å². The first-order valence-electron chi connectivity index (χ1n) is 6.74. The monoisotopic (exact) mass is 351 g/mol. The molecule has 110 valence electrons. The van der Waals surface area contributed by atoms with E-state index in [9.17, 15) is 4.39 Å². The second-order valence-corrected chi connectivity index (χ2v) is 5.81. The van der Waals surface area contributed by atoms with Gasteiger partial charge in [-0.2, -0.15) is 0 Å². The van der Waals surface area contributed by atoms with Gasteiger partial charge in [-0.25, -0.2) is 4.39 Å². The van der Waals surface area contributed by atoms with Crippen LogP contribution in [0.2, 0.25) is 0 Å². The van der Waals surface area contributed by atoms with E-state index < -0.39 is 0 Å². The zero-order valence-electron chi connectivity index (χ0n) is 11.5. The maximum atomic E-state index is 14.0. The smallest absolute Gasteiger partial charge is 0.163 e. The molecular weight excluding hydrogens is 337 g/mol. The number of hydrogen-bond donors (Lipinski definition) is 1. The van der Waals surface area contributed by atoms with Crippen LogP contribution in [-0.2, 0) is 0 Å². The molecule has 5 heteroatoms. The standard InChI is InChI=1S/C16H15BrFNO2/c1-10(13-4-2-11(17)8-14(13)18)19-12-3-5-15-16(9-12)21-7-6-20-15/h2-5,8-10,19H,6-7H2,1H3. The van der Waals surface area contributed by atoms with Crippen LogP contribution in [0.4, 0.5) is 10.1 Å². The van der Waals surface area contributed by atoms with Gasteiger partial charge in [-0.05, 0) is 31.2 Å². The molecule has 1 atom stereocenters. The Morgan fingerprint density at radius 3 is 2.62 bits per heavy atom. The first kappa shape index (κ1) is 14.2. The van der Waals surface area contributed by atoms with E-state index in [0.717, 1.165) is 21.7 Å². The highest BCUT2D eigenvalue weighted by atomic mass is 79.9. The molecule has 1 heterocycles. The summed E-state index contributed by atoms with van der Waals surface area (Å²) in [5.74, 6) is 1.23. The molecule has 0 fully saturated rings. The number of benzene rings is 2. The number of anilines is 1. The largest absolute Gasteiger partial charge is 0.486 e. The van der Waals surface area contributed by atoms with E-state index in [1.807, 2.05) is 31.2 Å². The van der Waals surface area contributed by atoms with Crippen LogP contribution < -0.4 is 14.8 Å². The fraction of sp³-hybridized carbons (Fsp3) is 0.250. The molecular formula is C16H15BrFNO2. The number of rotatable bonds is 3. The second kappa shape index (κ2) is 5.93. The van der Waals surface area contributed by atoms with Gasteiger partial charge in [0, 0.05) is 21.8 Å². The molecule has 0 amide bonds. The van der Waals surface area contributed by atoms with Gasteiger partial charge < -0.3 is 14.8 Å². The summed E-state index contributed by atoms with van der Waals surface area (Å²) in [7, 11) is 0. The van der Waals surface area contributed by atoms with Crippen molar-refractivity contribution >= 4 is 21.6 Å². The third-order valence-corrected chi connectivity index (χ3v) is 3.85. The molecule has 0 bridgehead atoms. The van der Waals surface area contributed by atoms with Gasteiger partial charge in [0.15, 0.2) is 11.5 Å². The van der Waals surface area contributed by atoms with E-state index >= 15 is 0 Å². The Labute approximate surface area is 131 Å². The molecule has 1 N–H and O–H groups in total. The van der Waals surface area contributed by atoms with Gasteiger partial charge in [0.1, 0.15) is 19.0 Å². The van der Waals surface area contributed by atoms with Crippen LogP contribution in [0.3, 0.4) is 0 Å². The highest BCUT2D eigenvalue weighted by Crippen LogP contribution is 2.34. The first-order chi connectivity index (χ1) is 10.1. The average Bonchev–Trinajstić information content (AvgIpc) is 2.47. The van der Waals surface area contributed by atoms with Crippen molar-refractivity contribution in [3.8, 4) is 11.5 Å². The van der Waals surface area contributed by atoms with E-state index in [0.29, 0.717) is 18.8 Å². The summed E-state index contributed by atoms with van der Waals surface area (Å²) in [6.45, 7) is 3.04. The minimum Gasteiger partial charge on any atom is -0.486 e. The molecule has 1 aliphatic rings. The van der Waals surface area contributed by atoms with Crippen LogP contribution in [0.15, 0.2) is 40.9 Å². The lowest BCUT2D eigenvalue weighted by Crippen LogP contribution is -2.15. The van der Waals surface area contributed by atoms with Crippen LogP contribution >= 0.6 is 15.9 Å². The number of halogens is 2. The molecule has 2 aromatic carbocycles. The minimum absolute atomic E-state index is 0.152. The minimum atomic E-state index is -0.234. The SMILES string of the molecule is CC(Nc1ccc2c(c1)OCCO2)c1ccc(Br)cc1F. The van der Waals surface area contributed by atoms with E-state index in [1.165, 1.54) is 6.07 Å². The van der Waals surface area contributed by atoms with Crippen LogP contribution in [0.5, 0.6) is 11.5 Å². The topological polar surface area (TPSA) is 30.5 Å². The molecule has 2 aromatic rings. The van der Waals surface area contributed by atoms with E-state index in [4.69, 9.17) is 9.47 Å². The summed E-state index contributed by atoms with van der Waals surface area (Å²) < 4.78 is 25.7. The Hall–Kier alpha value is -1.75. The van der Waals surface area contributed by atoms with Gasteiger partial charge in [0.2, 0.25) is 0 Å². The van der Waals surface area contributed by atoms with E-state index in [-0.39, 0.29) is 11.9 Å². The molecule has 0 saturated heterocycles. The molecule has 21 heavy (non-hydrogen) atoms. The zero-order chi connectivity index (χ0) is 14.8. The summed E-state index contributed by atoms with van der Waals surface area (Å²) >= 11 is 3.26. The normalized spacial score (nSPS) is 14.6. The molecule has 0 aliphatic carbocycles. The van der Waals surface area contributed by atoms with Crippen molar-refractivity contribution < 1.29 is 13.9 Å². The van der Waals surface area contributed by atoms with Crippen molar-refractivity contribution in [1.82, 2.24) is 0 Å². The van der Waals surface area contributed by atoms with Gasteiger partial charge in [0.05, 0.1) is 6.04 Å². The predicted octanol–water partition coefficient (Wildman–Crippen LogP) is 4.53. The Bertz CT molecular complexity index is 663. The number of ether oxygens (including phenoxy) is 2. The molecule has 3 rings (SSSR count). The van der Waals surface area contributed by atoms with Crippen LogP contribution in [0.25, 0.3) is 0 Å². The Balaban J connectivity index is 1.79. The lowest BCUT2D eigenvalue weighted by molar-refractivity contribution is 0.171. The average molecular weight is 352 g/mol. The van der Waals surface area contributed by atoms with Crippen molar-refractivity contribution in [2.24, 2.45) is 0 Å². The van der Waals surface area contributed by atoms with Gasteiger partial charge >= 0.3 is 0 Å². The summed E-state index contributed by atoms with van der Waals surface area (Å²) in [6, 6.07) is 10.6. The second-order valence-electron chi connectivity index (χ2n) is 4.89. The third kappa shape index (κ3) is 3.13. The maximum Gasteiger partial charge on any atom is 0.163 e. The molecule has 3 nitrogen and oxygen atoms in total. The summed E-state index contributed by atoms with van der Waals surface area (Å²) in [5.41, 5.74) is 1.49. The van der Waals surface area contributed by atoms with Crippen LogP contribution in [-0.4, -0.2) is 13.2 Å². The highest BCUT2D eigenvalue weighted by Gasteiger charge is 2.14. The van der Waals surface area contributed by atoms with Crippen molar-refractivity contribution in [3.05, 3.63) is 52.3 Å². The van der Waals surface area contributed by atoms with E-state index in [2.05, 4.69) is 21.2 Å². The van der Waals surface area contributed by atoms with Crippen LogP contribution in [0, 0.1) is 5.82 Å².